The second-order valence-electron chi connectivity index (χ2n) is 1.13. The first-order chi connectivity index (χ1) is 6.00. The molecule has 0 atom stereocenters. The van der Waals surface area contributed by atoms with Gasteiger partial charge in [-0.3, -0.25) is 0 Å². The zero-order chi connectivity index (χ0) is 13.5. The van der Waals surface area contributed by atoms with Crippen molar-refractivity contribution in [3.63, 3.8) is 0 Å². The fraction of sp³-hybridized carbons (Fsp3) is 0. The van der Waals surface area contributed by atoms with E-state index in [2.05, 4.69) is 0 Å². The fourth-order valence-corrected chi connectivity index (χ4v) is 0. The quantitative estimate of drug-likeness (QED) is 0.315. The SMILES string of the molecule is [O]=[Mn](=[O])([O-])[O-].[O]=[Mn](=[O])([O-])[O-].[O]=[Mn](=[O])([O-])[O-].[Sc+3].[Sc+3]. The smallest absolute Gasteiger partial charge is 3.00 e. The minimum atomic E-state index is -5.62. The standard InChI is InChI=1S/3Mn.12O.2Sc/q;;;;;;;;;6*-1;2*+3. The molecule has 17 heteroatoms. The summed E-state index contributed by atoms with van der Waals surface area (Å²) >= 11 is -16.9. The van der Waals surface area contributed by atoms with Gasteiger partial charge in [0.15, 0.2) is 0 Å². The molecular weight excluding hydrogens is 447 g/mol. The van der Waals surface area contributed by atoms with E-state index in [-0.39, 0.29) is 51.7 Å². The average Bonchev–Trinajstić information content (AvgIpc) is 1.41. The van der Waals surface area contributed by atoms with Crippen LogP contribution in [0.1, 0.15) is 0 Å². The van der Waals surface area contributed by atoms with Crippen LogP contribution in [0.15, 0.2) is 0 Å². The Morgan fingerprint density at radius 1 is 0.412 bits per heavy atom. The van der Waals surface area contributed by atoms with Gasteiger partial charge >= 0.3 is 140 Å². The second kappa shape index (κ2) is 12.9. The zero-order valence-electron chi connectivity index (χ0n) is 7.19. The average molecular weight is 447 g/mol. The van der Waals surface area contributed by atoms with Crippen LogP contribution in [-0.2, 0) is 115 Å². The third kappa shape index (κ3) is 1300. The van der Waals surface area contributed by atoms with Crippen molar-refractivity contribution < 1.29 is 140 Å². The summed E-state index contributed by atoms with van der Waals surface area (Å²) in [6.45, 7) is 0. The summed E-state index contributed by atoms with van der Waals surface area (Å²) in [5.41, 5.74) is 0. The van der Waals surface area contributed by atoms with Gasteiger partial charge in [-0.15, -0.1) is 0 Å². The zero-order valence-corrected chi connectivity index (χ0v) is 14.3. The van der Waals surface area contributed by atoms with Crippen LogP contribution in [0.2, 0.25) is 0 Å². The van der Waals surface area contributed by atoms with Gasteiger partial charge in [0, 0.05) is 0 Å². The van der Waals surface area contributed by atoms with Crippen molar-refractivity contribution in [3.05, 3.63) is 0 Å². The van der Waals surface area contributed by atoms with Crippen LogP contribution in [-0.4, -0.2) is 0 Å². The maximum atomic E-state index is 8.58. The first-order valence-corrected chi connectivity index (χ1v) is 7.63. The van der Waals surface area contributed by atoms with Crippen molar-refractivity contribution >= 4 is 0 Å². The number of rotatable bonds is 0. The first-order valence-electron chi connectivity index (χ1n) is 1.85. The molecule has 0 aromatic carbocycles. The molecular formula is Mn3O12Sc2. The predicted molar refractivity (Wildman–Crippen MR) is 4.12 cm³/mol. The van der Waals surface area contributed by atoms with Crippen LogP contribution < -0.4 is 25.1 Å². The van der Waals surface area contributed by atoms with Crippen LogP contribution >= 0.6 is 0 Å². The molecule has 0 spiro atoms. The Labute approximate surface area is 138 Å². The minimum absolute atomic E-state index is 0. The molecule has 0 aromatic rings. The van der Waals surface area contributed by atoms with Gasteiger partial charge in [0.25, 0.3) is 0 Å². The van der Waals surface area contributed by atoms with E-state index in [1.54, 1.807) is 0 Å². The summed E-state index contributed by atoms with van der Waals surface area (Å²) in [6.07, 6.45) is 0. The Balaban J connectivity index is -0.0000000400. The molecule has 0 saturated heterocycles. The molecule has 0 N–H and O–H groups in total. The summed E-state index contributed by atoms with van der Waals surface area (Å²) in [6, 6.07) is 0. The molecule has 0 fully saturated rings. The van der Waals surface area contributed by atoms with Crippen molar-refractivity contribution in [1.82, 2.24) is 0 Å². The topological polar surface area (TPSA) is 241 Å². The van der Waals surface area contributed by atoms with Gasteiger partial charge in [0.1, 0.15) is 0 Å². The Morgan fingerprint density at radius 3 is 0.412 bits per heavy atom. The van der Waals surface area contributed by atoms with Crippen LogP contribution in [0.25, 0.3) is 0 Å². The molecule has 0 saturated carbocycles. The van der Waals surface area contributed by atoms with Gasteiger partial charge in [-0.2, -0.15) is 0 Å². The van der Waals surface area contributed by atoms with Crippen molar-refractivity contribution in [2.45, 2.75) is 0 Å². The normalized spacial score (nSPS) is 10.2. The third-order valence-corrected chi connectivity index (χ3v) is 0. The van der Waals surface area contributed by atoms with Gasteiger partial charge < -0.3 is 0 Å². The van der Waals surface area contributed by atoms with Gasteiger partial charge in [0.05, 0.1) is 0 Å². The Bertz CT molecular complexity index is 341. The fourth-order valence-electron chi connectivity index (χ4n) is 0. The number of hydrogen-bond acceptors (Lipinski definition) is 12. The molecule has 0 aliphatic carbocycles. The van der Waals surface area contributed by atoms with E-state index in [9.17, 15) is 0 Å². The molecule has 12 nitrogen and oxygen atoms in total. The van der Waals surface area contributed by atoms with E-state index < -0.39 is 40.1 Å². The van der Waals surface area contributed by atoms with Crippen molar-refractivity contribution in [1.29, 1.82) is 0 Å². The predicted octanol–water partition coefficient (Wildman–Crippen LogP) is -7.86. The Morgan fingerprint density at radius 2 is 0.412 bits per heavy atom. The van der Waals surface area contributed by atoms with Gasteiger partial charge in [-0.1, -0.05) is 0 Å². The summed E-state index contributed by atoms with van der Waals surface area (Å²) in [5, 5.41) is 0. The van der Waals surface area contributed by atoms with Gasteiger partial charge in [0.2, 0.25) is 0 Å². The van der Waals surface area contributed by atoms with Gasteiger partial charge in [-0.25, -0.2) is 0 Å². The first kappa shape index (κ1) is 31.3. The maximum absolute atomic E-state index is 8.58. The molecule has 0 bridgehead atoms. The molecule has 0 aliphatic heterocycles. The Hall–Kier alpha value is 1.86. The van der Waals surface area contributed by atoms with Crippen molar-refractivity contribution in [2.75, 3.05) is 0 Å². The van der Waals surface area contributed by atoms with Crippen LogP contribution in [0.4, 0.5) is 0 Å². The molecule has 0 unspecified atom stereocenters. The maximum Gasteiger partial charge on any atom is 3.00 e. The molecule has 0 aromatic heterocycles. The largest absolute Gasteiger partial charge is 3.00 e. The summed E-state index contributed by atoms with van der Waals surface area (Å²) in [4.78, 5) is 0. The molecule has 0 amide bonds. The van der Waals surface area contributed by atoms with Crippen molar-refractivity contribution in [2.24, 2.45) is 0 Å². The molecule has 0 radical (unpaired) electrons. The van der Waals surface area contributed by atoms with E-state index >= 15 is 0 Å². The van der Waals surface area contributed by atoms with E-state index in [0.29, 0.717) is 0 Å². The molecule has 0 aliphatic rings. The third-order valence-electron chi connectivity index (χ3n) is 0. The molecule has 0 heterocycles. The molecule has 99 valence electrons. The van der Waals surface area contributed by atoms with Crippen LogP contribution in [0.5, 0.6) is 0 Å². The van der Waals surface area contributed by atoms with E-state index in [0.717, 1.165) is 0 Å². The van der Waals surface area contributed by atoms with Crippen LogP contribution in [0, 0.1) is 0 Å². The second-order valence-corrected chi connectivity index (χ2v) is 4.68. The monoisotopic (exact) mass is 447 g/mol. The number of hydrogen-bond donors (Lipinski definition) is 0. The summed E-state index contributed by atoms with van der Waals surface area (Å²) in [5.74, 6) is 0. The summed E-state index contributed by atoms with van der Waals surface area (Å²) in [7, 11) is 0. The van der Waals surface area contributed by atoms with Crippen LogP contribution in [0.3, 0.4) is 0 Å². The summed E-state index contributed by atoms with van der Waals surface area (Å²) < 4.78 is 103. The Kier molecular flexibility index (Phi) is 23.7. The molecule has 17 heavy (non-hydrogen) atoms. The van der Waals surface area contributed by atoms with E-state index in [4.69, 9.17) is 48.1 Å². The van der Waals surface area contributed by atoms with E-state index in [1.807, 2.05) is 0 Å². The van der Waals surface area contributed by atoms with E-state index in [1.165, 1.54) is 0 Å². The minimum Gasteiger partial charge on any atom is 3.00 e. The van der Waals surface area contributed by atoms with Crippen molar-refractivity contribution in [3.8, 4) is 0 Å². The molecule has 0 rings (SSSR count). The van der Waals surface area contributed by atoms with Gasteiger partial charge in [-0.05, 0) is 0 Å².